The van der Waals surface area contributed by atoms with E-state index in [4.69, 9.17) is 4.74 Å². The van der Waals surface area contributed by atoms with Crippen LogP contribution in [0.2, 0.25) is 0 Å². The van der Waals surface area contributed by atoms with E-state index in [2.05, 4.69) is 44.0 Å². The molecule has 5 nitrogen and oxygen atoms in total. The van der Waals surface area contributed by atoms with Crippen LogP contribution in [0.25, 0.3) is 0 Å². The molecule has 0 amide bonds. The number of ether oxygens (including phenoxy) is 1. The molecule has 1 aromatic carbocycles. The Kier molecular flexibility index (Phi) is 11.4. The summed E-state index contributed by atoms with van der Waals surface area (Å²) in [5.41, 5.74) is 1.29. The average molecular weight is 366 g/mol. The third kappa shape index (κ3) is 10.7. The van der Waals surface area contributed by atoms with Gasteiger partial charge in [-0.25, -0.2) is 8.42 Å². The van der Waals surface area contributed by atoms with E-state index in [1.54, 1.807) is 0 Å². The first-order valence-corrected chi connectivity index (χ1v) is 9.33. The molecule has 24 heavy (non-hydrogen) atoms. The zero-order valence-corrected chi connectivity index (χ0v) is 18.1. The van der Waals surface area contributed by atoms with E-state index < -0.39 is 10.4 Å². The van der Waals surface area contributed by atoms with E-state index in [0.29, 0.717) is 23.5 Å². The van der Waals surface area contributed by atoms with E-state index >= 15 is 0 Å². The molecule has 132 valence electrons. The summed E-state index contributed by atoms with van der Waals surface area (Å²) in [6.07, 6.45) is 2.29. The van der Waals surface area contributed by atoms with Crippen LogP contribution >= 0.6 is 0 Å². The first-order chi connectivity index (χ1) is 10.7. The van der Waals surface area contributed by atoms with Crippen LogP contribution in [0.1, 0.15) is 52.0 Å². The molecule has 0 aliphatic rings. The maximum absolute atomic E-state index is 10.3. The monoisotopic (exact) mass is 366 g/mol. The largest absolute Gasteiger partial charge is 1.00 e. The predicted octanol–water partition coefficient (Wildman–Crippen LogP) is 0.722. The first kappa shape index (κ1) is 23.9. The number of hydrogen-bond acceptors (Lipinski definition) is 5. The van der Waals surface area contributed by atoms with Crippen LogP contribution < -0.4 is 34.3 Å². The predicted molar refractivity (Wildman–Crippen MR) is 89.2 cm³/mol. The van der Waals surface area contributed by atoms with Gasteiger partial charge < -0.3 is 9.29 Å². The standard InChI is InChI=1S/C17H28O5S.Na/c1-13(2)11-16(12-14(3)4)15-5-7-17(8-6-15)21-9-10-22-23(18,19)20;/h5-8,13-14,16H,9-12H2,1-4H3,(H,18,19,20);/q;+1/p-1. The molecule has 0 bridgehead atoms. The Morgan fingerprint density at radius 1 is 0.958 bits per heavy atom. The van der Waals surface area contributed by atoms with Crippen LogP contribution in [0.5, 0.6) is 5.75 Å². The number of rotatable bonds is 10. The third-order valence-corrected chi connectivity index (χ3v) is 3.90. The molecular weight excluding hydrogens is 339 g/mol. The van der Waals surface area contributed by atoms with Crippen LogP contribution in [0.3, 0.4) is 0 Å². The molecule has 7 heteroatoms. The van der Waals surface area contributed by atoms with Gasteiger partial charge in [0.25, 0.3) is 0 Å². The maximum Gasteiger partial charge on any atom is 1.00 e. The summed E-state index contributed by atoms with van der Waals surface area (Å²) in [4.78, 5) is 0. The Hall–Kier alpha value is -0.110. The zero-order chi connectivity index (χ0) is 17.5. The molecule has 1 rings (SSSR count). The summed E-state index contributed by atoms with van der Waals surface area (Å²) in [5, 5.41) is 0. The summed E-state index contributed by atoms with van der Waals surface area (Å²) in [6.45, 7) is 8.66. The van der Waals surface area contributed by atoms with Crippen LogP contribution in [0.15, 0.2) is 24.3 Å². The van der Waals surface area contributed by atoms with Crippen molar-refractivity contribution in [2.24, 2.45) is 11.8 Å². The fourth-order valence-corrected chi connectivity index (χ4v) is 2.91. The van der Waals surface area contributed by atoms with Gasteiger partial charge in [0.1, 0.15) is 12.4 Å². The summed E-state index contributed by atoms with van der Waals surface area (Å²) < 4.78 is 40.4. The van der Waals surface area contributed by atoms with Gasteiger partial charge in [0, 0.05) is 0 Å². The van der Waals surface area contributed by atoms with Gasteiger partial charge in [-0.1, -0.05) is 39.8 Å². The first-order valence-electron chi connectivity index (χ1n) is 8.00. The van der Waals surface area contributed by atoms with Crippen molar-refractivity contribution in [3.8, 4) is 5.75 Å². The maximum atomic E-state index is 10.3. The fourth-order valence-electron chi connectivity index (χ4n) is 2.64. The molecule has 0 radical (unpaired) electrons. The van der Waals surface area contributed by atoms with Gasteiger partial charge in [-0.2, -0.15) is 0 Å². The van der Waals surface area contributed by atoms with Gasteiger partial charge in [0.2, 0.25) is 10.4 Å². The second kappa shape index (κ2) is 11.5. The van der Waals surface area contributed by atoms with Gasteiger partial charge >= 0.3 is 29.6 Å². The van der Waals surface area contributed by atoms with Crippen molar-refractivity contribution in [1.29, 1.82) is 0 Å². The smallest absolute Gasteiger partial charge is 0.726 e. The minimum Gasteiger partial charge on any atom is -0.726 e. The number of hydrogen-bond donors (Lipinski definition) is 0. The van der Waals surface area contributed by atoms with E-state index in [1.807, 2.05) is 12.1 Å². The molecule has 0 fully saturated rings. The summed E-state index contributed by atoms with van der Waals surface area (Å²) in [7, 11) is -4.65. The van der Waals surface area contributed by atoms with Crippen molar-refractivity contribution in [3.63, 3.8) is 0 Å². The Bertz CT molecular complexity index is 545. The normalized spacial score (nSPS) is 11.8. The molecule has 0 aromatic heterocycles. The van der Waals surface area contributed by atoms with Crippen molar-refractivity contribution < 1.29 is 51.4 Å². The molecule has 0 heterocycles. The molecule has 0 aliphatic heterocycles. The van der Waals surface area contributed by atoms with Gasteiger partial charge in [0.15, 0.2) is 0 Å². The fraction of sp³-hybridized carbons (Fsp3) is 0.647. The second-order valence-electron chi connectivity index (χ2n) is 6.60. The van der Waals surface area contributed by atoms with Crippen LogP contribution in [-0.4, -0.2) is 26.2 Å². The average Bonchev–Trinajstić information content (AvgIpc) is 2.41. The third-order valence-electron chi connectivity index (χ3n) is 3.44. The number of benzene rings is 1. The van der Waals surface area contributed by atoms with Crippen molar-refractivity contribution >= 4 is 10.4 Å². The molecule has 0 spiro atoms. The van der Waals surface area contributed by atoms with E-state index in [9.17, 15) is 13.0 Å². The Balaban J connectivity index is 0.00000529. The molecule has 0 aliphatic carbocycles. The second-order valence-corrected chi connectivity index (χ2v) is 7.66. The molecule has 0 unspecified atom stereocenters. The van der Waals surface area contributed by atoms with Crippen molar-refractivity contribution in [1.82, 2.24) is 0 Å². The van der Waals surface area contributed by atoms with Crippen LogP contribution in [-0.2, 0) is 14.6 Å². The van der Waals surface area contributed by atoms with Crippen LogP contribution in [0.4, 0.5) is 0 Å². The molecule has 0 atom stereocenters. The van der Waals surface area contributed by atoms with Crippen molar-refractivity contribution in [2.75, 3.05) is 13.2 Å². The molecule has 1 aromatic rings. The summed E-state index contributed by atoms with van der Waals surface area (Å²) in [6, 6.07) is 7.84. The Morgan fingerprint density at radius 3 is 1.88 bits per heavy atom. The zero-order valence-electron chi connectivity index (χ0n) is 15.3. The van der Waals surface area contributed by atoms with E-state index in [-0.39, 0.29) is 42.8 Å². The van der Waals surface area contributed by atoms with Gasteiger partial charge in [-0.05, 0) is 48.3 Å². The van der Waals surface area contributed by atoms with Gasteiger partial charge in [-0.3, -0.25) is 4.18 Å². The summed E-state index contributed by atoms with van der Waals surface area (Å²) >= 11 is 0. The van der Waals surface area contributed by atoms with Gasteiger partial charge in [-0.15, -0.1) is 0 Å². The van der Waals surface area contributed by atoms with E-state index in [0.717, 1.165) is 12.8 Å². The Morgan fingerprint density at radius 2 is 1.46 bits per heavy atom. The van der Waals surface area contributed by atoms with Crippen LogP contribution in [0, 0.1) is 11.8 Å². The Labute approximate surface area is 168 Å². The van der Waals surface area contributed by atoms with Crippen molar-refractivity contribution in [2.45, 2.75) is 46.5 Å². The van der Waals surface area contributed by atoms with E-state index in [1.165, 1.54) is 5.56 Å². The topological polar surface area (TPSA) is 75.7 Å². The molecule has 0 saturated carbocycles. The van der Waals surface area contributed by atoms with Crippen molar-refractivity contribution in [3.05, 3.63) is 29.8 Å². The molecule has 0 N–H and O–H groups in total. The molecule has 0 saturated heterocycles. The molecular formula is C17H27NaO5S. The summed E-state index contributed by atoms with van der Waals surface area (Å²) in [5.74, 6) is 2.44. The quantitative estimate of drug-likeness (QED) is 0.264. The van der Waals surface area contributed by atoms with Gasteiger partial charge in [0.05, 0.1) is 6.61 Å². The SMILES string of the molecule is CC(C)CC(CC(C)C)c1ccc(OCCOS(=O)(=O)[O-])cc1.[Na+]. The minimum absolute atomic E-state index is 0. The minimum atomic E-state index is -4.65.